The molecule has 1 aromatic heterocycles. The number of nitrogens with zero attached hydrogens (tertiary/aromatic N) is 2. The summed E-state index contributed by atoms with van der Waals surface area (Å²) in [6, 6.07) is 0. The van der Waals surface area contributed by atoms with Gasteiger partial charge in [-0.1, -0.05) is 5.16 Å². The van der Waals surface area contributed by atoms with Crippen molar-refractivity contribution in [2.75, 3.05) is 6.54 Å². The van der Waals surface area contributed by atoms with Gasteiger partial charge in [0, 0.05) is 18.7 Å². The fourth-order valence-corrected chi connectivity index (χ4v) is 0.807. The topological polar surface area (TPSA) is 38.4 Å². The van der Waals surface area contributed by atoms with Crippen molar-refractivity contribution in [1.29, 1.82) is 0 Å². The molecule has 1 aliphatic heterocycles. The molecule has 1 aromatic rings. The summed E-state index contributed by atoms with van der Waals surface area (Å²) in [4.78, 5) is 4.13. The molecule has 0 aliphatic carbocycles. The second kappa shape index (κ2) is 1.69. The molecule has 0 saturated carbocycles. The fourth-order valence-electron chi connectivity index (χ4n) is 0.807. The molecular weight excluding hydrogens is 116 g/mol. The Morgan fingerprint density at radius 3 is 2.89 bits per heavy atom. The molecule has 1 aliphatic rings. The van der Waals surface area contributed by atoms with Gasteiger partial charge >= 0.3 is 0 Å². The summed E-state index contributed by atoms with van der Waals surface area (Å²) in [5.41, 5.74) is 2.15. The Morgan fingerprint density at radius 1 is 1.56 bits per heavy atom. The van der Waals surface area contributed by atoms with Crippen molar-refractivity contribution in [2.45, 2.75) is 6.42 Å². The molecule has 0 spiro atoms. The largest absolute Gasteiger partial charge is 0.364 e. The van der Waals surface area contributed by atoms with E-state index in [1.54, 1.807) is 12.5 Å². The third-order valence-electron chi connectivity index (χ3n) is 1.42. The van der Waals surface area contributed by atoms with Crippen LogP contribution >= 0.6 is 0 Å². The first-order valence-corrected chi connectivity index (χ1v) is 2.90. The lowest BCUT2D eigenvalue weighted by molar-refractivity contribution is 0.419. The maximum Gasteiger partial charge on any atom is 0.132 e. The van der Waals surface area contributed by atoms with E-state index in [0.717, 1.165) is 24.2 Å². The summed E-state index contributed by atoms with van der Waals surface area (Å²) in [6.07, 6.45) is 4.39. The lowest BCUT2D eigenvalue weighted by atomic mass is 10.1. The number of hydrogen-bond acceptors (Lipinski definition) is 3. The summed E-state index contributed by atoms with van der Waals surface area (Å²) in [7, 11) is 0. The van der Waals surface area contributed by atoms with Crippen LogP contribution in [0.15, 0.2) is 22.0 Å². The van der Waals surface area contributed by atoms with Gasteiger partial charge in [-0.15, -0.1) is 0 Å². The molecule has 0 bridgehead atoms. The molecule has 3 heteroatoms. The van der Waals surface area contributed by atoms with Gasteiger partial charge in [0.05, 0.1) is 11.8 Å². The maximum atomic E-state index is 4.64. The number of hydrogen-bond donors (Lipinski definition) is 0. The average molecular weight is 122 g/mol. The van der Waals surface area contributed by atoms with E-state index in [9.17, 15) is 0 Å². The zero-order chi connectivity index (χ0) is 6.10. The highest BCUT2D eigenvalue weighted by molar-refractivity contribution is 6.02. The first-order chi connectivity index (χ1) is 4.47. The molecule has 2 heterocycles. The van der Waals surface area contributed by atoms with Crippen LogP contribution in [0.5, 0.6) is 0 Å². The molecule has 0 atom stereocenters. The van der Waals surface area contributed by atoms with Gasteiger partial charge in [0.2, 0.25) is 0 Å². The molecular formula is C6H6N2O. The van der Waals surface area contributed by atoms with E-state index in [4.69, 9.17) is 0 Å². The molecule has 0 amide bonds. The van der Waals surface area contributed by atoms with Crippen LogP contribution in [0.2, 0.25) is 0 Å². The molecule has 0 saturated heterocycles. The standard InChI is InChI=1S/C6H6N2O/c1-2-7-6(1)5-3-8-9-4-5/h3-4H,1-2H2. The Bertz CT molecular complexity index is 225. The van der Waals surface area contributed by atoms with Crippen LogP contribution < -0.4 is 0 Å². The molecule has 3 nitrogen and oxygen atoms in total. The smallest absolute Gasteiger partial charge is 0.132 e. The zero-order valence-electron chi connectivity index (χ0n) is 4.87. The Balaban J connectivity index is 2.34. The van der Waals surface area contributed by atoms with Crippen molar-refractivity contribution in [3.8, 4) is 0 Å². The van der Waals surface area contributed by atoms with E-state index in [1.807, 2.05) is 0 Å². The minimum Gasteiger partial charge on any atom is -0.364 e. The number of aromatic nitrogens is 1. The highest BCUT2D eigenvalue weighted by atomic mass is 16.5. The van der Waals surface area contributed by atoms with Gasteiger partial charge in [0.25, 0.3) is 0 Å². The van der Waals surface area contributed by atoms with E-state index in [2.05, 4.69) is 14.7 Å². The van der Waals surface area contributed by atoms with Gasteiger partial charge in [-0.3, -0.25) is 4.99 Å². The van der Waals surface area contributed by atoms with Gasteiger partial charge < -0.3 is 4.52 Å². The van der Waals surface area contributed by atoms with Gasteiger partial charge in [0.1, 0.15) is 6.26 Å². The first-order valence-electron chi connectivity index (χ1n) is 2.90. The third-order valence-corrected chi connectivity index (χ3v) is 1.42. The van der Waals surface area contributed by atoms with Crippen LogP contribution in [0.3, 0.4) is 0 Å². The van der Waals surface area contributed by atoms with Gasteiger partial charge in [-0.05, 0) is 0 Å². The van der Waals surface area contributed by atoms with Gasteiger partial charge in [0.15, 0.2) is 0 Å². The van der Waals surface area contributed by atoms with Crippen LogP contribution in [-0.2, 0) is 0 Å². The van der Waals surface area contributed by atoms with Crippen molar-refractivity contribution in [3.05, 3.63) is 18.0 Å². The van der Waals surface area contributed by atoms with Gasteiger partial charge in [-0.2, -0.15) is 0 Å². The quantitative estimate of drug-likeness (QED) is 0.554. The predicted molar refractivity (Wildman–Crippen MR) is 32.5 cm³/mol. The zero-order valence-corrected chi connectivity index (χ0v) is 4.87. The molecule has 0 radical (unpaired) electrons. The van der Waals surface area contributed by atoms with Crippen molar-refractivity contribution < 1.29 is 4.52 Å². The highest BCUT2D eigenvalue weighted by Crippen LogP contribution is 2.10. The Kier molecular flexibility index (Phi) is 0.886. The van der Waals surface area contributed by atoms with Crippen LogP contribution in [0.25, 0.3) is 0 Å². The van der Waals surface area contributed by atoms with Crippen molar-refractivity contribution in [1.82, 2.24) is 5.16 Å². The number of aliphatic imine (C=N–C) groups is 1. The monoisotopic (exact) mass is 122 g/mol. The molecule has 0 fully saturated rings. The second-order valence-corrected chi connectivity index (χ2v) is 1.99. The molecule has 46 valence electrons. The minimum absolute atomic E-state index is 0.959. The average Bonchev–Trinajstić information content (AvgIpc) is 2.11. The lowest BCUT2D eigenvalue weighted by Crippen LogP contribution is -2.11. The SMILES string of the molecule is c1nocc1C1=NCC1. The first kappa shape index (κ1) is 4.73. The van der Waals surface area contributed by atoms with Crippen LogP contribution in [0.4, 0.5) is 0 Å². The second-order valence-electron chi connectivity index (χ2n) is 1.99. The Morgan fingerprint density at radius 2 is 2.44 bits per heavy atom. The highest BCUT2D eigenvalue weighted by Gasteiger charge is 2.10. The summed E-state index contributed by atoms with van der Waals surface area (Å²) < 4.78 is 4.64. The molecule has 0 unspecified atom stereocenters. The number of rotatable bonds is 1. The normalized spacial score (nSPS) is 16.7. The van der Waals surface area contributed by atoms with Crippen LogP contribution in [-0.4, -0.2) is 17.4 Å². The Hall–Kier alpha value is -1.12. The van der Waals surface area contributed by atoms with E-state index in [-0.39, 0.29) is 0 Å². The summed E-state index contributed by atoms with van der Waals surface area (Å²) in [5, 5.41) is 3.57. The minimum atomic E-state index is 0.959. The Labute approximate surface area is 52.4 Å². The van der Waals surface area contributed by atoms with E-state index >= 15 is 0 Å². The molecule has 0 aromatic carbocycles. The molecule has 9 heavy (non-hydrogen) atoms. The van der Waals surface area contributed by atoms with E-state index in [0.29, 0.717) is 0 Å². The summed E-state index contributed by atoms with van der Waals surface area (Å²) in [5.74, 6) is 0. The van der Waals surface area contributed by atoms with Crippen molar-refractivity contribution >= 4 is 5.71 Å². The summed E-state index contributed by atoms with van der Waals surface area (Å²) in [6.45, 7) is 0.959. The summed E-state index contributed by atoms with van der Waals surface area (Å²) >= 11 is 0. The third kappa shape index (κ3) is 0.650. The predicted octanol–water partition coefficient (Wildman–Crippen LogP) is 0.867. The molecule has 0 N–H and O–H groups in total. The maximum absolute atomic E-state index is 4.64. The van der Waals surface area contributed by atoms with Crippen molar-refractivity contribution in [3.63, 3.8) is 0 Å². The fraction of sp³-hybridized carbons (Fsp3) is 0.333. The van der Waals surface area contributed by atoms with E-state index < -0.39 is 0 Å². The van der Waals surface area contributed by atoms with E-state index in [1.165, 1.54) is 0 Å². The van der Waals surface area contributed by atoms with Crippen LogP contribution in [0, 0.1) is 0 Å². The lowest BCUT2D eigenvalue weighted by Gasteiger charge is -2.08. The van der Waals surface area contributed by atoms with Crippen LogP contribution in [0.1, 0.15) is 12.0 Å². The molecule has 2 rings (SSSR count). The van der Waals surface area contributed by atoms with Crippen molar-refractivity contribution in [2.24, 2.45) is 4.99 Å². The van der Waals surface area contributed by atoms with Gasteiger partial charge in [-0.25, -0.2) is 0 Å².